The normalized spacial score (nSPS) is 14.2. The van der Waals surface area contributed by atoms with Crippen LogP contribution in [-0.4, -0.2) is 15.0 Å². The molecule has 1 heterocycles. The molecular formula is C51H39N3. The van der Waals surface area contributed by atoms with E-state index in [1.54, 1.807) is 0 Å². The molecule has 0 bridgehead atoms. The molecule has 3 nitrogen and oxygen atoms in total. The minimum absolute atomic E-state index is 0.0262. The van der Waals surface area contributed by atoms with Gasteiger partial charge in [0.1, 0.15) is 0 Å². The first kappa shape index (κ1) is 32.2. The van der Waals surface area contributed by atoms with Crippen LogP contribution in [0.3, 0.4) is 0 Å². The number of aromatic nitrogens is 3. The Morgan fingerprint density at radius 2 is 0.630 bits per heavy atom. The zero-order chi connectivity index (χ0) is 36.6. The molecule has 7 aromatic carbocycles. The molecule has 2 aliphatic rings. The minimum Gasteiger partial charge on any atom is -0.208 e. The van der Waals surface area contributed by atoms with Gasteiger partial charge in [-0.2, -0.15) is 0 Å². The van der Waals surface area contributed by atoms with Crippen molar-refractivity contribution in [3.8, 4) is 78.7 Å². The van der Waals surface area contributed by atoms with E-state index in [-0.39, 0.29) is 10.8 Å². The Balaban J connectivity index is 1.06. The number of nitrogens with zero attached hydrogens (tertiary/aromatic N) is 3. The second-order valence-corrected chi connectivity index (χ2v) is 15.7. The van der Waals surface area contributed by atoms with Crippen LogP contribution < -0.4 is 0 Å². The number of hydrogen-bond acceptors (Lipinski definition) is 3. The lowest BCUT2D eigenvalue weighted by Crippen LogP contribution is -2.14. The minimum atomic E-state index is -0.0262. The summed E-state index contributed by atoms with van der Waals surface area (Å²) in [6, 6.07) is 58.8. The van der Waals surface area contributed by atoms with Crippen molar-refractivity contribution in [1.82, 2.24) is 15.0 Å². The highest BCUT2D eigenvalue weighted by Crippen LogP contribution is 2.51. The lowest BCUT2D eigenvalue weighted by atomic mass is 9.82. The van der Waals surface area contributed by atoms with E-state index < -0.39 is 0 Å². The molecule has 54 heavy (non-hydrogen) atoms. The molecular weight excluding hydrogens is 655 g/mol. The summed E-state index contributed by atoms with van der Waals surface area (Å²) in [6.45, 7) is 9.28. The van der Waals surface area contributed by atoms with Crippen molar-refractivity contribution < 1.29 is 0 Å². The van der Waals surface area contributed by atoms with Crippen LogP contribution in [0.2, 0.25) is 0 Å². The summed E-state index contributed by atoms with van der Waals surface area (Å²) in [6.07, 6.45) is 0. The molecule has 0 saturated heterocycles. The number of hydrogen-bond donors (Lipinski definition) is 0. The largest absolute Gasteiger partial charge is 0.208 e. The Labute approximate surface area is 317 Å². The van der Waals surface area contributed by atoms with Gasteiger partial charge in [-0.25, -0.2) is 15.0 Å². The second-order valence-electron chi connectivity index (χ2n) is 15.7. The molecule has 0 spiro atoms. The second kappa shape index (κ2) is 12.0. The van der Waals surface area contributed by atoms with Gasteiger partial charge in [0.05, 0.1) is 0 Å². The first-order chi connectivity index (χ1) is 26.3. The van der Waals surface area contributed by atoms with E-state index in [2.05, 4.69) is 173 Å². The smallest absolute Gasteiger partial charge is 0.164 e. The zero-order valence-electron chi connectivity index (χ0n) is 30.9. The summed E-state index contributed by atoms with van der Waals surface area (Å²) < 4.78 is 0. The van der Waals surface area contributed by atoms with E-state index in [9.17, 15) is 0 Å². The first-order valence-electron chi connectivity index (χ1n) is 18.8. The fourth-order valence-corrected chi connectivity index (χ4v) is 8.83. The fourth-order valence-electron chi connectivity index (χ4n) is 8.83. The van der Waals surface area contributed by atoms with Gasteiger partial charge >= 0.3 is 0 Å². The van der Waals surface area contributed by atoms with Gasteiger partial charge in [-0.3, -0.25) is 0 Å². The summed E-state index contributed by atoms with van der Waals surface area (Å²) in [5, 5.41) is 0. The number of benzene rings is 7. The molecule has 0 aliphatic heterocycles. The molecule has 0 atom stereocenters. The summed E-state index contributed by atoms with van der Waals surface area (Å²) in [4.78, 5) is 15.3. The standard InChI is InChI=1S/C51H39N3/c1-50(2)43-22-10-8-20-39(43)41-30-35(24-26-45(41)50)33-16-12-18-37(28-33)48-52-47(32-14-6-5-7-15-32)53-49(54-48)38-19-13-17-34(29-38)36-25-27-46-42(31-36)40-21-9-11-23-44(40)51(46,3)4/h5-31H,1-4H3. The quantitative estimate of drug-likeness (QED) is 0.180. The van der Waals surface area contributed by atoms with Crippen molar-refractivity contribution in [3.05, 3.63) is 186 Å². The Morgan fingerprint density at radius 3 is 1.11 bits per heavy atom. The highest BCUT2D eigenvalue weighted by atomic mass is 15.0. The maximum atomic E-state index is 5.16. The molecule has 0 fully saturated rings. The average molecular weight is 694 g/mol. The molecule has 0 saturated carbocycles. The summed E-state index contributed by atoms with van der Waals surface area (Å²) in [5.74, 6) is 1.95. The third-order valence-corrected chi connectivity index (χ3v) is 11.7. The zero-order valence-corrected chi connectivity index (χ0v) is 30.9. The van der Waals surface area contributed by atoms with Gasteiger partial charge in [-0.1, -0.05) is 167 Å². The van der Waals surface area contributed by atoms with Gasteiger partial charge in [0, 0.05) is 27.5 Å². The molecule has 0 radical (unpaired) electrons. The molecule has 10 rings (SSSR count). The van der Waals surface area contributed by atoms with Crippen LogP contribution in [0, 0.1) is 0 Å². The van der Waals surface area contributed by atoms with Crippen molar-refractivity contribution >= 4 is 0 Å². The molecule has 3 heteroatoms. The Kier molecular flexibility index (Phi) is 7.19. The third kappa shape index (κ3) is 5.07. The van der Waals surface area contributed by atoms with E-state index in [0.29, 0.717) is 17.5 Å². The fraction of sp³-hybridized carbons (Fsp3) is 0.118. The van der Waals surface area contributed by atoms with Crippen molar-refractivity contribution in [2.75, 3.05) is 0 Å². The van der Waals surface area contributed by atoms with E-state index in [0.717, 1.165) is 27.8 Å². The average Bonchev–Trinajstić information content (AvgIpc) is 3.60. The number of rotatable bonds is 5. The maximum Gasteiger partial charge on any atom is 0.164 e. The highest BCUT2D eigenvalue weighted by molar-refractivity contribution is 5.86. The number of fused-ring (bicyclic) bond motifs is 6. The van der Waals surface area contributed by atoms with Gasteiger partial charge in [-0.15, -0.1) is 0 Å². The van der Waals surface area contributed by atoms with Crippen LogP contribution >= 0.6 is 0 Å². The molecule has 0 unspecified atom stereocenters. The van der Waals surface area contributed by atoms with Crippen LogP contribution in [-0.2, 0) is 10.8 Å². The maximum absolute atomic E-state index is 5.16. The third-order valence-electron chi connectivity index (χ3n) is 11.7. The molecule has 1 aromatic heterocycles. The molecule has 258 valence electrons. The van der Waals surface area contributed by atoms with Crippen LogP contribution in [0.4, 0.5) is 0 Å². The molecule has 0 amide bonds. The van der Waals surface area contributed by atoms with Crippen LogP contribution in [0.25, 0.3) is 78.7 Å². The van der Waals surface area contributed by atoms with Gasteiger partial charge < -0.3 is 0 Å². The summed E-state index contributed by atoms with van der Waals surface area (Å²) >= 11 is 0. The molecule has 0 N–H and O–H groups in total. The molecule has 2 aliphatic carbocycles. The molecule has 8 aromatic rings. The first-order valence-corrected chi connectivity index (χ1v) is 18.8. The monoisotopic (exact) mass is 693 g/mol. The van der Waals surface area contributed by atoms with E-state index in [4.69, 9.17) is 15.0 Å². The van der Waals surface area contributed by atoms with E-state index in [1.807, 2.05) is 18.2 Å². The Hall–Kier alpha value is -6.45. The Bertz CT molecular complexity index is 2610. The lowest BCUT2D eigenvalue weighted by molar-refractivity contribution is 0.660. The Morgan fingerprint density at radius 1 is 0.278 bits per heavy atom. The van der Waals surface area contributed by atoms with Crippen molar-refractivity contribution in [2.45, 2.75) is 38.5 Å². The predicted octanol–water partition coefficient (Wildman–Crippen LogP) is 12.8. The van der Waals surface area contributed by atoms with Crippen LogP contribution in [0.15, 0.2) is 164 Å². The predicted molar refractivity (Wildman–Crippen MR) is 222 cm³/mol. The summed E-state index contributed by atoms with van der Waals surface area (Å²) in [7, 11) is 0. The SMILES string of the molecule is CC1(C)c2ccccc2-c2cc(-c3cccc(-c4nc(-c5ccccc5)nc(-c5cccc(-c6ccc7c(c6)-c6ccccc6C7(C)C)c5)n4)c3)ccc21. The van der Waals surface area contributed by atoms with Crippen LogP contribution in [0.5, 0.6) is 0 Å². The van der Waals surface area contributed by atoms with Gasteiger partial charge in [-0.05, 0) is 91.0 Å². The topological polar surface area (TPSA) is 38.7 Å². The van der Waals surface area contributed by atoms with E-state index in [1.165, 1.54) is 55.6 Å². The van der Waals surface area contributed by atoms with Gasteiger partial charge in [0.25, 0.3) is 0 Å². The van der Waals surface area contributed by atoms with Gasteiger partial charge in [0.15, 0.2) is 17.5 Å². The van der Waals surface area contributed by atoms with Crippen molar-refractivity contribution in [3.63, 3.8) is 0 Å². The van der Waals surface area contributed by atoms with Crippen molar-refractivity contribution in [1.29, 1.82) is 0 Å². The van der Waals surface area contributed by atoms with Crippen molar-refractivity contribution in [2.24, 2.45) is 0 Å². The van der Waals surface area contributed by atoms with E-state index >= 15 is 0 Å². The van der Waals surface area contributed by atoms with Gasteiger partial charge in [0.2, 0.25) is 0 Å². The summed E-state index contributed by atoms with van der Waals surface area (Å²) in [5.41, 5.74) is 18.2. The highest BCUT2D eigenvalue weighted by Gasteiger charge is 2.36. The lowest BCUT2D eigenvalue weighted by Gasteiger charge is -2.21. The van der Waals surface area contributed by atoms with Crippen LogP contribution in [0.1, 0.15) is 49.9 Å².